The third kappa shape index (κ3) is 3.00. The number of hydrogen-bond acceptors (Lipinski definition) is 1. The van der Waals surface area contributed by atoms with Crippen molar-refractivity contribution in [2.24, 2.45) is 23.7 Å². The molecule has 1 saturated heterocycles. The minimum absolute atomic E-state index is 0.981. The fraction of sp³-hybridized carbons (Fsp3) is 1.00. The van der Waals surface area contributed by atoms with Crippen molar-refractivity contribution in [3.8, 4) is 0 Å². The van der Waals surface area contributed by atoms with Crippen LogP contribution in [0.1, 0.15) is 58.8 Å². The minimum atomic E-state index is 0.981. The van der Waals surface area contributed by atoms with Crippen LogP contribution >= 0.6 is 0 Å². The van der Waals surface area contributed by atoms with E-state index in [9.17, 15) is 0 Å². The number of piperidine rings is 1. The lowest BCUT2D eigenvalue weighted by molar-refractivity contribution is 0.114. The van der Waals surface area contributed by atoms with Gasteiger partial charge in [-0.1, -0.05) is 39.5 Å². The van der Waals surface area contributed by atoms with Gasteiger partial charge in [-0.15, -0.1) is 0 Å². The Bertz CT molecular complexity index is 200. The van der Waals surface area contributed by atoms with Gasteiger partial charge >= 0.3 is 0 Å². The topological polar surface area (TPSA) is 12.0 Å². The molecular formula is C15H29N. The van der Waals surface area contributed by atoms with Gasteiger partial charge in [0.05, 0.1) is 0 Å². The Balaban J connectivity index is 1.93. The molecule has 0 amide bonds. The molecule has 0 spiro atoms. The smallest absolute Gasteiger partial charge is 0.00178 e. The highest BCUT2D eigenvalue weighted by Gasteiger charge is 2.33. The first-order valence-electron chi connectivity index (χ1n) is 7.52. The molecule has 94 valence electrons. The Morgan fingerprint density at radius 1 is 1.19 bits per heavy atom. The summed E-state index contributed by atoms with van der Waals surface area (Å²) >= 11 is 0. The molecule has 1 saturated carbocycles. The van der Waals surface area contributed by atoms with Crippen LogP contribution in [-0.4, -0.2) is 13.1 Å². The SMILES string of the molecule is CCCC1CNCCC1C1CCCC(C)C1. The molecule has 0 bridgehead atoms. The van der Waals surface area contributed by atoms with Gasteiger partial charge in [0.2, 0.25) is 0 Å². The molecule has 4 unspecified atom stereocenters. The predicted octanol–water partition coefficient (Wildman–Crippen LogP) is 3.84. The minimum Gasteiger partial charge on any atom is -0.316 e. The zero-order valence-corrected chi connectivity index (χ0v) is 11.2. The maximum Gasteiger partial charge on any atom is -0.00178 e. The van der Waals surface area contributed by atoms with Gasteiger partial charge < -0.3 is 5.32 Å². The van der Waals surface area contributed by atoms with Gasteiger partial charge in [0.1, 0.15) is 0 Å². The number of hydrogen-bond donors (Lipinski definition) is 1. The van der Waals surface area contributed by atoms with Gasteiger partial charge in [-0.2, -0.15) is 0 Å². The lowest BCUT2D eigenvalue weighted by Crippen LogP contribution is -2.40. The Morgan fingerprint density at radius 2 is 2.06 bits per heavy atom. The molecule has 2 rings (SSSR count). The second-order valence-electron chi connectivity index (χ2n) is 6.24. The molecular weight excluding hydrogens is 194 g/mol. The third-order valence-electron chi connectivity index (χ3n) is 4.91. The first-order valence-corrected chi connectivity index (χ1v) is 7.52. The molecule has 0 radical (unpaired) electrons. The number of nitrogens with one attached hydrogen (secondary N) is 1. The van der Waals surface area contributed by atoms with Gasteiger partial charge in [0.15, 0.2) is 0 Å². The van der Waals surface area contributed by atoms with Crippen LogP contribution in [0.4, 0.5) is 0 Å². The third-order valence-corrected chi connectivity index (χ3v) is 4.91. The van der Waals surface area contributed by atoms with Crippen molar-refractivity contribution in [3.63, 3.8) is 0 Å². The average Bonchev–Trinajstić information content (AvgIpc) is 2.30. The van der Waals surface area contributed by atoms with E-state index in [1.54, 1.807) is 0 Å². The van der Waals surface area contributed by atoms with E-state index in [-0.39, 0.29) is 0 Å². The van der Waals surface area contributed by atoms with Crippen molar-refractivity contribution in [3.05, 3.63) is 0 Å². The Morgan fingerprint density at radius 3 is 2.81 bits per heavy atom. The Labute approximate surface area is 101 Å². The first-order chi connectivity index (χ1) is 7.81. The summed E-state index contributed by atoms with van der Waals surface area (Å²) in [7, 11) is 0. The standard InChI is InChI=1S/C15H29N/c1-3-5-14-11-16-9-8-15(14)13-7-4-6-12(2)10-13/h12-16H,3-11H2,1-2H3. The van der Waals surface area contributed by atoms with E-state index in [0.29, 0.717) is 0 Å². The van der Waals surface area contributed by atoms with E-state index in [1.807, 2.05) is 0 Å². The zero-order valence-electron chi connectivity index (χ0n) is 11.2. The van der Waals surface area contributed by atoms with Gasteiger partial charge in [0, 0.05) is 0 Å². The van der Waals surface area contributed by atoms with E-state index in [4.69, 9.17) is 0 Å². The molecule has 1 nitrogen and oxygen atoms in total. The molecule has 16 heavy (non-hydrogen) atoms. The lowest BCUT2D eigenvalue weighted by atomic mass is 9.68. The fourth-order valence-electron chi connectivity index (χ4n) is 4.12. The van der Waals surface area contributed by atoms with E-state index >= 15 is 0 Å². The highest BCUT2D eigenvalue weighted by Crippen LogP contribution is 2.40. The summed E-state index contributed by atoms with van der Waals surface area (Å²) in [5, 5.41) is 3.60. The van der Waals surface area contributed by atoms with Gasteiger partial charge in [-0.25, -0.2) is 0 Å². The maximum atomic E-state index is 3.60. The van der Waals surface area contributed by atoms with Crippen molar-refractivity contribution < 1.29 is 0 Å². The van der Waals surface area contributed by atoms with Crippen molar-refractivity contribution in [2.75, 3.05) is 13.1 Å². The Hall–Kier alpha value is -0.0400. The van der Waals surface area contributed by atoms with Gasteiger partial charge in [-0.3, -0.25) is 0 Å². The summed E-state index contributed by atoms with van der Waals surface area (Å²) in [5.74, 6) is 4.08. The van der Waals surface area contributed by atoms with Crippen molar-refractivity contribution in [2.45, 2.75) is 58.8 Å². The summed E-state index contributed by atoms with van der Waals surface area (Å²) in [6.07, 6.45) is 10.3. The summed E-state index contributed by atoms with van der Waals surface area (Å²) in [5.41, 5.74) is 0. The molecule has 1 heterocycles. The van der Waals surface area contributed by atoms with E-state index in [0.717, 1.165) is 23.7 Å². The zero-order chi connectivity index (χ0) is 11.4. The second kappa shape index (κ2) is 6.05. The van der Waals surface area contributed by atoms with Crippen LogP contribution < -0.4 is 5.32 Å². The monoisotopic (exact) mass is 223 g/mol. The normalized spacial score (nSPS) is 40.9. The predicted molar refractivity (Wildman–Crippen MR) is 70.5 cm³/mol. The molecule has 1 heteroatoms. The molecule has 2 fully saturated rings. The molecule has 1 aliphatic heterocycles. The Kier molecular flexibility index (Phi) is 4.69. The highest BCUT2D eigenvalue weighted by molar-refractivity contribution is 4.85. The molecule has 1 N–H and O–H groups in total. The van der Waals surface area contributed by atoms with Crippen LogP contribution in [0.15, 0.2) is 0 Å². The highest BCUT2D eigenvalue weighted by atomic mass is 14.9. The average molecular weight is 223 g/mol. The van der Waals surface area contributed by atoms with E-state index < -0.39 is 0 Å². The molecule has 4 atom stereocenters. The van der Waals surface area contributed by atoms with Crippen molar-refractivity contribution >= 4 is 0 Å². The van der Waals surface area contributed by atoms with Crippen LogP contribution in [-0.2, 0) is 0 Å². The first kappa shape index (κ1) is 12.4. The molecule has 2 aliphatic rings. The fourth-order valence-corrected chi connectivity index (χ4v) is 4.12. The molecule has 1 aliphatic carbocycles. The van der Waals surface area contributed by atoms with Crippen LogP contribution in [0.25, 0.3) is 0 Å². The number of rotatable bonds is 3. The van der Waals surface area contributed by atoms with Crippen LogP contribution in [0.5, 0.6) is 0 Å². The summed E-state index contributed by atoms with van der Waals surface area (Å²) < 4.78 is 0. The largest absolute Gasteiger partial charge is 0.316 e. The molecule has 0 aromatic heterocycles. The maximum absolute atomic E-state index is 3.60. The summed E-state index contributed by atoms with van der Waals surface area (Å²) in [6, 6.07) is 0. The summed E-state index contributed by atoms with van der Waals surface area (Å²) in [6.45, 7) is 7.37. The van der Waals surface area contributed by atoms with Crippen LogP contribution in [0.3, 0.4) is 0 Å². The molecule has 0 aromatic carbocycles. The van der Waals surface area contributed by atoms with Crippen LogP contribution in [0, 0.1) is 23.7 Å². The van der Waals surface area contributed by atoms with E-state index in [2.05, 4.69) is 19.2 Å². The quantitative estimate of drug-likeness (QED) is 0.766. The van der Waals surface area contributed by atoms with Gasteiger partial charge in [0.25, 0.3) is 0 Å². The summed E-state index contributed by atoms with van der Waals surface area (Å²) in [4.78, 5) is 0. The van der Waals surface area contributed by atoms with Gasteiger partial charge in [-0.05, 0) is 56.0 Å². The van der Waals surface area contributed by atoms with Crippen molar-refractivity contribution in [1.82, 2.24) is 5.32 Å². The lowest BCUT2D eigenvalue weighted by Gasteiger charge is -2.41. The van der Waals surface area contributed by atoms with Crippen LogP contribution in [0.2, 0.25) is 0 Å². The second-order valence-corrected chi connectivity index (χ2v) is 6.24. The van der Waals surface area contributed by atoms with E-state index in [1.165, 1.54) is 58.0 Å². The molecule has 0 aromatic rings. The van der Waals surface area contributed by atoms with Crippen molar-refractivity contribution in [1.29, 1.82) is 0 Å².